The smallest absolute Gasteiger partial charge is 0.0519 e. The average Bonchev–Trinajstić information content (AvgIpc) is 2.62. The number of nitrogens with zero attached hydrogens (tertiary/aromatic N) is 2. The highest BCUT2D eigenvalue weighted by molar-refractivity contribution is 5.93. The van der Waals surface area contributed by atoms with Gasteiger partial charge in [-0.2, -0.15) is 0 Å². The minimum atomic E-state index is 0.498. The number of allylic oxidation sites excluding steroid dienone is 2. The summed E-state index contributed by atoms with van der Waals surface area (Å²) < 4.78 is 0. The van der Waals surface area contributed by atoms with Crippen LogP contribution in [-0.4, -0.2) is 36.8 Å². The van der Waals surface area contributed by atoms with Crippen molar-refractivity contribution in [3.05, 3.63) is 41.1 Å². The molecule has 0 radical (unpaired) electrons. The van der Waals surface area contributed by atoms with E-state index in [1.54, 1.807) is 0 Å². The Morgan fingerprint density at radius 2 is 1.63 bits per heavy atom. The van der Waals surface area contributed by atoms with Gasteiger partial charge in [0.05, 0.1) is 6.54 Å². The summed E-state index contributed by atoms with van der Waals surface area (Å²) in [6.07, 6.45) is 6.26. The number of para-hydroxylation sites is 1. The maximum absolute atomic E-state index is 4.77. The van der Waals surface area contributed by atoms with Crippen molar-refractivity contribution in [2.24, 2.45) is 4.99 Å². The number of rotatable bonds is 8. The minimum absolute atomic E-state index is 0.498. The molecule has 0 aliphatic carbocycles. The number of hydrogen-bond acceptors (Lipinski definition) is 3. The van der Waals surface area contributed by atoms with E-state index in [4.69, 9.17) is 4.99 Å². The third kappa shape index (κ3) is 6.80. The van der Waals surface area contributed by atoms with Crippen LogP contribution in [0.25, 0.3) is 0 Å². The topological polar surface area (TPSA) is 27.6 Å². The quantitative estimate of drug-likeness (QED) is 0.553. The van der Waals surface area contributed by atoms with Crippen molar-refractivity contribution in [2.45, 2.75) is 72.6 Å². The van der Waals surface area contributed by atoms with Gasteiger partial charge in [-0.15, -0.1) is 0 Å². The zero-order chi connectivity index (χ0) is 19.8. The third-order valence-corrected chi connectivity index (χ3v) is 5.35. The fourth-order valence-corrected chi connectivity index (χ4v) is 3.84. The van der Waals surface area contributed by atoms with Gasteiger partial charge in [-0.25, -0.2) is 0 Å². The van der Waals surface area contributed by atoms with Gasteiger partial charge in [0.25, 0.3) is 0 Å². The zero-order valence-electron chi connectivity index (χ0n) is 18.3. The molecule has 0 saturated carbocycles. The Bertz CT molecular complexity index is 623. The third-order valence-electron chi connectivity index (χ3n) is 5.35. The summed E-state index contributed by atoms with van der Waals surface area (Å²) in [6, 6.07) is 6.67. The van der Waals surface area contributed by atoms with Crippen LogP contribution < -0.4 is 5.32 Å². The summed E-state index contributed by atoms with van der Waals surface area (Å²) in [5, 5.41) is 3.68. The van der Waals surface area contributed by atoms with Gasteiger partial charge in [0.1, 0.15) is 0 Å². The van der Waals surface area contributed by atoms with Crippen LogP contribution in [0.4, 0.5) is 5.69 Å². The van der Waals surface area contributed by atoms with Crippen molar-refractivity contribution in [1.29, 1.82) is 0 Å². The van der Waals surface area contributed by atoms with Gasteiger partial charge in [-0.1, -0.05) is 52.3 Å². The van der Waals surface area contributed by atoms with Crippen molar-refractivity contribution in [3.63, 3.8) is 0 Å². The predicted octanol–water partition coefficient (Wildman–Crippen LogP) is 6.20. The molecule has 1 aromatic carbocycles. The van der Waals surface area contributed by atoms with E-state index in [2.05, 4.69) is 76.0 Å². The molecule has 27 heavy (non-hydrogen) atoms. The second kappa shape index (κ2) is 10.7. The molecular formula is C24H39N3. The van der Waals surface area contributed by atoms with Crippen molar-refractivity contribution in [1.82, 2.24) is 4.90 Å². The molecule has 0 bridgehead atoms. The van der Waals surface area contributed by atoms with Gasteiger partial charge in [-0.05, 0) is 68.8 Å². The fourth-order valence-electron chi connectivity index (χ4n) is 3.84. The molecule has 1 saturated heterocycles. The van der Waals surface area contributed by atoms with Gasteiger partial charge in [-0.3, -0.25) is 4.99 Å². The van der Waals surface area contributed by atoms with E-state index >= 15 is 0 Å². The SMILES string of the molecule is CC(/C=C(/C)Nc1c(C(C)C)cccc1C(C)C)=NCCN1CCCCC1. The maximum Gasteiger partial charge on any atom is 0.0519 e. The highest BCUT2D eigenvalue weighted by Gasteiger charge is 2.13. The first kappa shape index (κ1) is 21.7. The first-order chi connectivity index (χ1) is 12.9. The number of hydrogen-bond donors (Lipinski definition) is 1. The van der Waals surface area contributed by atoms with E-state index in [1.165, 1.54) is 49.2 Å². The van der Waals surface area contributed by atoms with E-state index in [-0.39, 0.29) is 0 Å². The summed E-state index contributed by atoms with van der Waals surface area (Å²) in [5.74, 6) is 0.997. The summed E-state index contributed by atoms with van der Waals surface area (Å²) in [7, 11) is 0. The summed E-state index contributed by atoms with van der Waals surface area (Å²) in [6.45, 7) is 17.8. The lowest BCUT2D eigenvalue weighted by atomic mass is 9.92. The van der Waals surface area contributed by atoms with Gasteiger partial charge in [0, 0.05) is 23.6 Å². The Morgan fingerprint density at radius 1 is 1.04 bits per heavy atom. The molecule has 0 unspecified atom stereocenters. The van der Waals surface area contributed by atoms with E-state index in [1.807, 2.05) is 0 Å². The van der Waals surface area contributed by atoms with Crippen molar-refractivity contribution < 1.29 is 0 Å². The molecule has 3 nitrogen and oxygen atoms in total. The molecule has 0 aromatic heterocycles. The molecule has 0 amide bonds. The van der Waals surface area contributed by atoms with E-state index in [0.717, 1.165) is 24.5 Å². The lowest BCUT2D eigenvalue weighted by molar-refractivity contribution is 0.235. The second-order valence-corrected chi connectivity index (χ2v) is 8.50. The van der Waals surface area contributed by atoms with Crippen molar-refractivity contribution in [2.75, 3.05) is 31.5 Å². The van der Waals surface area contributed by atoms with Crippen LogP contribution >= 0.6 is 0 Å². The van der Waals surface area contributed by atoms with E-state index in [0.29, 0.717) is 11.8 Å². The van der Waals surface area contributed by atoms with Crippen LogP contribution in [0.3, 0.4) is 0 Å². The van der Waals surface area contributed by atoms with Crippen LogP contribution in [0.15, 0.2) is 35.0 Å². The van der Waals surface area contributed by atoms with Crippen molar-refractivity contribution in [3.8, 4) is 0 Å². The number of likely N-dealkylation sites (tertiary alicyclic amines) is 1. The van der Waals surface area contributed by atoms with Crippen LogP contribution in [0.5, 0.6) is 0 Å². The standard InChI is InChI=1S/C24H39N3/c1-18(2)22-11-10-12-23(19(3)4)24(22)26-21(6)17-20(5)25-13-16-27-14-8-7-9-15-27/h10-12,17-19,26H,7-9,13-16H2,1-6H3/b21-17-,25-20?. The number of piperidine rings is 1. The molecule has 150 valence electrons. The molecule has 1 aromatic rings. The molecule has 1 aliphatic heterocycles. The molecule has 0 atom stereocenters. The van der Waals surface area contributed by atoms with Crippen molar-refractivity contribution >= 4 is 11.4 Å². The monoisotopic (exact) mass is 369 g/mol. The zero-order valence-corrected chi connectivity index (χ0v) is 18.3. The number of benzene rings is 1. The lowest BCUT2D eigenvalue weighted by Gasteiger charge is -2.25. The molecule has 0 spiro atoms. The average molecular weight is 370 g/mol. The molecule has 1 N–H and O–H groups in total. The van der Waals surface area contributed by atoms with E-state index < -0.39 is 0 Å². The second-order valence-electron chi connectivity index (χ2n) is 8.50. The number of nitrogens with one attached hydrogen (secondary N) is 1. The molecule has 1 heterocycles. The van der Waals surface area contributed by atoms with Gasteiger partial charge in [0.15, 0.2) is 0 Å². The molecule has 1 fully saturated rings. The molecule has 3 heteroatoms. The molecular weight excluding hydrogens is 330 g/mol. The number of aliphatic imine (C=N–C) groups is 1. The molecule has 1 aliphatic rings. The summed E-state index contributed by atoms with van der Waals surface area (Å²) in [4.78, 5) is 7.32. The Labute approximate surface area is 167 Å². The van der Waals surface area contributed by atoms with E-state index in [9.17, 15) is 0 Å². The Morgan fingerprint density at radius 3 is 2.19 bits per heavy atom. The van der Waals surface area contributed by atoms with Gasteiger partial charge < -0.3 is 10.2 Å². The fraction of sp³-hybridized carbons (Fsp3) is 0.625. The first-order valence-corrected chi connectivity index (χ1v) is 10.7. The first-order valence-electron chi connectivity index (χ1n) is 10.7. The Kier molecular flexibility index (Phi) is 8.56. The minimum Gasteiger partial charge on any atom is -0.359 e. The maximum atomic E-state index is 4.77. The Balaban J connectivity index is 2.04. The van der Waals surface area contributed by atoms with Crippen LogP contribution in [-0.2, 0) is 0 Å². The van der Waals surface area contributed by atoms with Crippen LogP contribution in [0.2, 0.25) is 0 Å². The van der Waals surface area contributed by atoms with Gasteiger partial charge >= 0.3 is 0 Å². The summed E-state index contributed by atoms with van der Waals surface area (Å²) >= 11 is 0. The Hall–Kier alpha value is -1.61. The van der Waals surface area contributed by atoms with Crippen LogP contribution in [0, 0.1) is 0 Å². The predicted molar refractivity (Wildman–Crippen MR) is 120 cm³/mol. The lowest BCUT2D eigenvalue weighted by Crippen LogP contribution is -2.31. The largest absolute Gasteiger partial charge is 0.359 e. The normalized spacial score (nSPS) is 17.0. The van der Waals surface area contributed by atoms with Gasteiger partial charge in [0.2, 0.25) is 0 Å². The van der Waals surface area contributed by atoms with Crippen LogP contribution in [0.1, 0.15) is 83.8 Å². The summed E-state index contributed by atoms with van der Waals surface area (Å²) in [5.41, 5.74) is 6.30. The number of anilines is 1. The highest BCUT2D eigenvalue weighted by atomic mass is 15.1. The highest BCUT2D eigenvalue weighted by Crippen LogP contribution is 2.33. The molecule has 2 rings (SSSR count).